The highest BCUT2D eigenvalue weighted by Crippen LogP contribution is 2.35. The normalized spacial score (nSPS) is 10.2. The SMILES string of the molecule is CCNc1cccc(Nc2ccc(Br)c(C)c2)c1[N+](=O)[O-]. The number of nitro groups is 1. The van der Waals surface area contributed by atoms with Crippen molar-refractivity contribution >= 4 is 38.7 Å². The van der Waals surface area contributed by atoms with Crippen LogP contribution in [0.3, 0.4) is 0 Å². The number of benzene rings is 2. The number of rotatable bonds is 5. The van der Waals surface area contributed by atoms with Gasteiger partial charge in [-0.3, -0.25) is 10.1 Å². The lowest BCUT2D eigenvalue weighted by Gasteiger charge is -2.11. The van der Waals surface area contributed by atoms with Crippen molar-refractivity contribution in [1.82, 2.24) is 0 Å². The van der Waals surface area contributed by atoms with Crippen LogP contribution < -0.4 is 10.6 Å². The second-order valence-corrected chi connectivity index (χ2v) is 5.43. The van der Waals surface area contributed by atoms with E-state index >= 15 is 0 Å². The van der Waals surface area contributed by atoms with Crippen LogP contribution in [0.1, 0.15) is 12.5 Å². The summed E-state index contributed by atoms with van der Waals surface area (Å²) in [6.07, 6.45) is 0. The molecule has 2 rings (SSSR count). The lowest BCUT2D eigenvalue weighted by Crippen LogP contribution is -2.04. The zero-order valence-electron chi connectivity index (χ0n) is 11.8. The molecule has 0 aliphatic rings. The van der Waals surface area contributed by atoms with Gasteiger partial charge in [0, 0.05) is 16.7 Å². The monoisotopic (exact) mass is 349 g/mol. The van der Waals surface area contributed by atoms with E-state index < -0.39 is 0 Å². The molecule has 0 unspecified atom stereocenters. The number of para-hydroxylation sites is 1. The van der Waals surface area contributed by atoms with Gasteiger partial charge in [-0.05, 0) is 49.7 Å². The van der Waals surface area contributed by atoms with E-state index in [1.165, 1.54) is 0 Å². The van der Waals surface area contributed by atoms with Gasteiger partial charge in [-0.2, -0.15) is 0 Å². The van der Waals surface area contributed by atoms with E-state index in [1.807, 2.05) is 32.0 Å². The first-order valence-corrected chi connectivity index (χ1v) is 7.36. The summed E-state index contributed by atoms with van der Waals surface area (Å²) in [7, 11) is 0. The molecule has 0 amide bonds. The molecule has 2 N–H and O–H groups in total. The molecule has 2 aromatic rings. The molecule has 110 valence electrons. The Morgan fingerprint density at radius 2 is 1.95 bits per heavy atom. The van der Waals surface area contributed by atoms with Gasteiger partial charge in [0.15, 0.2) is 0 Å². The van der Waals surface area contributed by atoms with Crippen LogP contribution in [0, 0.1) is 17.0 Å². The summed E-state index contributed by atoms with van der Waals surface area (Å²) in [5.74, 6) is 0. The minimum absolute atomic E-state index is 0.0555. The van der Waals surface area contributed by atoms with Crippen LogP contribution in [0.25, 0.3) is 0 Å². The maximum atomic E-state index is 11.3. The van der Waals surface area contributed by atoms with Crippen molar-refractivity contribution in [3.05, 3.63) is 56.5 Å². The molecule has 0 aromatic heterocycles. The Balaban J connectivity index is 2.41. The number of aryl methyl sites for hydroxylation is 1. The van der Waals surface area contributed by atoms with E-state index in [2.05, 4.69) is 26.6 Å². The Morgan fingerprint density at radius 3 is 2.57 bits per heavy atom. The molecule has 0 atom stereocenters. The molecule has 0 radical (unpaired) electrons. The lowest BCUT2D eigenvalue weighted by atomic mass is 10.2. The fraction of sp³-hybridized carbons (Fsp3) is 0.200. The van der Waals surface area contributed by atoms with Gasteiger partial charge in [-0.1, -0.05) is 22.0 Å². The summed E-state index contributed by atoms with van der Waals surface area (Å²) in [5, 5.41) is 17.5. The number of nitrogens with one attached hydrogen (secondary N) is 2. The van der Waals surface area contributed by atoms with E-state index in [1.54, 1.807) is 18.2 Å². The van der Waals surface area contributed by atoms with Gasteiger partial charge >= 0.3 is 5.69 Å². The molecule has 0 aliphatic carbocycles. The molecule has 0 saturated heterocycles. The van der Waals surface area contributed by atoms with Crippen LogP contribution in [-0.2, 0) is 0 Å². The van der Waals surface area contributed by atoms with Gasteiger partial charge < -0.3 is 10.6 Å². The Kier molecular flexibility index (Phi) is 4.80. The Labute approximate surface area is 131 Å². The molecule has 2 aromatic carbocycles. The first kappa shape index (κ1) is 15.3. The minimum atomic E-state index is -0.369. The summed E-state index contributed by atoms with van der Waals surface area (Å²) < 4.78 is 1.00. The fourth-order valence-electron chi connectivity index (χ4n) is 2.05. The number of nitro benzene ring substituents is 1. The summed E-state index contributed by atoms with van der Waals surface area (Å²) in [6, 6.07) is 10.9. The standard InChI is InChI=1S/C15H16BrN3O2/c1-3-17-13-5-4-6-14(15(13)19(20)21)18-11-7-8-12(16)10(2)9-11/h4-9,17-18H,3H2,1-2H3. The van der Waals surface area contributed by atoms with E-state index in [9.17, 15) is 10.1 Å². The molecule has 0 aliphatic heterocycles. The fourth-order valence-corrected chi connectivity index (χ4v) is 2.30. The first-order chi connectivity index (χ1) is 10.0. The highest BCUT2D eigenvalue weighted by molar-refractivity contribution is 9.10. The van der Waals surface area contributed by atoms with Gasteiger partial charge in [0.25, 0.3) is 0 Å². The number of anilines is 3. The van der Waals surface area contributed by atoms with Gasteiger partial charge in [0.05, 0.1) is 4.92 Å². The third-order valence-electron chi connectivity index (χ3n) is 3.02. The maximum absolute atomic E-state index is 11.3. The van der Waals surface area contributed by atoms with Gasteiger partial charge in [-0.15, -0.1) is 0 Å². The second-order valence-electron chi connectivity index (χ2n) is 4.58. The Hall–Kier alpha value is -2.08. The third-order valence-corrected chi connectivity index (χ3v) is 3.91. The van der Waals surface area contributed by atoms with Crippen molar-refractivity contribution in [3.8, 4) is 0 Å². The molecule has 6 heteroatoms. The zero-order valence-corrected chi connectivity index (χ0v) is 13.4. The van der Waals surface area contributed by atoms with Crippen LogP contribution >= 0.6 is 15.9 Å². The van der Waals surface area contributed by atoms with Crippen LogP contribution in [-0.4, -0.2) is 11.5 Å². The van der Waals surface area contributed by atoms with Crippen LogP contribution in [0.4, 0.5) is 22.7 Å². The van der Waals surface area contributed by atoms with Crippen LogP contribution in [0.15, 0.2) is 40.9 Å². The highest BCUT2D eigenvalue weighted by Gasteiger charge is 2.19. The maximum Gasteiger partial charge on any atom is 0.315 e. The van der Waals surface area contributed by atoms with E-state index in [-0.39, 0.29) is 10.6 Å². The van der Waals surface area contributed by atoms with Crippen molar-refractivity contribution in [1.29, 1.82) is 0 Å². The molecular formula is C15H16BrN3O2. The summed E-state index contributed by atoms with van der Waals surface area (Å²) >= 11 is 3.44. The van der Waals surface area contributed by atoms with Gasteiger partial charge in [0.1, 0.15) is 11.4 Å². The van der Waals surface area contributed by atoms with Crippen LogP contribution in [0.2, 0.25) is 0 Å². The molecule has 0 heterocycles. The summed E-state index contributed by atoms with van der Waals surface area (Å²) in [5.41, 5.74) is 2.92. The van der Waals surface area contributed by atoms with Crippen LogP contribution in [0.5, 0.6) is 0 Å². The predicted octanol–water partition coefficient (Wildman–Crippen LogP) is 4.84. The molecule has 5 nitrogen and oxygen atoms in total. The van der Waals surface area contributed by atoms with Crippen molar-refractivity contribution in [2.75, 3.05) is 17.2 Å². The van der Waals surface area contributed by atoms with Crippen molar-refractivity contribution in [2.24, 2.45) is 0 Å². The van der Waals surface area contributed by atoms with Crippen molar-refractivity contribution < 1.29 is 4.92 Å². The average molecular weight is 350 g/mol. The molecule has 21 heavy (non-hydrogen) atoms. The molecule has 0 saturated carbocycles. The summed E-state index contributed by atoms with van der Waals surface area (Å²) in [4.78, 5) is 11.0. The second kappa shape index (κ2) is 6.58. The summed E-state index contributed by atoms with van der Waals surface area (Å²) in [6.45, 7) is 4.50. The highest BCUT2D eigenvalue weighted by atomic mass is 79.9. The topological polar surface area (TPSA) is 67.2 Å². The molecule has 0 fully saturated rings. The van der Waals surface area contributed by atoms with Gasteiger partial charge in [0.2, 0.25) is 0 Å². The van der Waals surface area contributed by atoms with Crippen molar-refractivity contribution in [3.63, 3.8) is 0 Å². The van der Waals surface area contributed by atoms with Gasteiger partial charge in [-0.25, -0.2) is 0 Å². The number of halogens is 1. The molecular weight excluding hydrogens is 334 g/mol. The first-order valence-electron chi connectivity index (χ1n) is 6.57. The number of hydrogen-bond acceptors (Lipinski definition) is 4. The quantitative estimate of drug-likeness (QED) is 0.598. The smallest absolute Gasteiger partial charge is 0.315 e. The average Bonchev–Trinajstić information content (AvgIpc) is 2.43. The molecule has 0 spiro atoms. The van der Waals surface area contributed by atoms with E-state index in [0.717, 1.165) is 15.7 Å². The lowest BCUT2D eigenvalue weighted by molar-refractivity contribution is -0.383. The minimum Gasteiger partial charge on any atom is -0.380 e. The number of nitrogens with zero attached hydrogens (tertiary/aromatic N) is 1. The zero-order chi connectivity index (χ0) is 15.4. The van der Waals surface area contributed by atoms with E-state index in [4.69, 9.17) is 0 Å². The molecule has 0 bridgehead atoms. The van der Waals surface area contributed by atoms with Crippen molar-refractivity contribution in [2.45, 2.75) is 13.8 Å². The Bertz CT molecular complexity index is 674. The predicted molar refractivity (Wildman–Crippen MR) is 89.4 cm³/mol. The largest absolute Gasteiger partial charge is 0.380 e. The Morgan fingerprint density at radius 1 is 1.24 bits per heavy atom. The number of hydrogen-bond donors (Lipinski definition) is 2. The third kappa shape index (κ3) is 3.52. The van der Waals surface area contributed by atoms with E-state index in [0.29, 0.717) is 17.9 Å².